The van der Waals surface area contributed by atoms with E-state index in [1.165, 1.54) is 0 Å². The van der Waals surface area contributed by atoms with Gasteiger partial charge in [0.05, 0.1) is 6.10 Å². The molecule has 0 spiro atoms. The zero-order chi connectivity index (χ0) is 14.5. The van der Waals surface area contributed by atoms with E-state index in [1.807, 2.05) is 11.6 Å². The molecule has 5 nitrogen and oxygen atoms in total. The van der Waals surface area contributed by atoms with E-state index in [0.29, 0.717) is 28.7 Å². The number of hydrogen-bond donors (Lipinski definition) is 2. The molecule has 0 amide bonds. The minimum atomic E-state index is -0.694. The quantitative estimate of drug-likeness (QED) is 0.800. The normalized spacial score (nSPS) is 12.6. The van der Waals surface area contributed by atoms with Crippen molar-refractivity contribution >= 4 is 23.2 Å². The van der Waals surface area contributed by atoms with Crippen LogP contribution in [0.4, 0.5) is 0 Å². The van der Waals surface area contributed by atoms with Crippen molar-refractivity contribution in [3.8, 4) is 0 Å². The highest BCUT2D eigenvalue weighted by molar-refractivity contribution is 6.33. The summed E-state index contributed by atoms with van der Waals surface area (Å²) in [5.74, 6) is 0.896. The first-order valence-electron chi connectivity index (χ1n) is 6.24. The fraction of sp³-hybridized carbons (Fsp3) is 0.385. The average Bonchev–Trinajstić information content (AvgIpc) is 2.83. The molecule has 0 saturated carbocycles. The first-order valence-corrected chi connectivity index (χ1v) is 7.00. The number of rotatable bonds is 6. The van der Waals surface area contributed by atoms with E-state index in [0.717, 1.165) is 12.2 Å². The van der Waals surface area contributed by atoms with Gasteiger partial charge in [0.25, 0.3) is 0 Å². The largest absolute Gasteiger partial charge is 0.387 e. The summed E-state index contributed by atoms with van der Waals surface area (Å²) in [5.41, 5.74) is 0.630. The minimum Gasteiger partial charge on any atom is -0.387 e. The standard InChI is InChI=1S/C13H16Cl2N4O/c1-19-8-17-18-13(19)4-5-16-7-12(20)10-6-9(14)2-3-11(10)15/h2-3,6,8,12,16,20H,4-5,7H2,1H3. The maximum Gasteiger partial charge on any atom is 0.133 e. The Labute approximate surface area is 127 Å². The molecule has 2 aromatic rings. The SMILES string of the molecule is Cn1cnnc1CCNCC(O)c1cc(Cl)ccc1Cl. The number of hydrogen-bond acceptors (Lipinski definition) is 4. The molecule has 1 aromatic carbocycles. The van der Waals surface area contributed by atoms with Crippen molar-refractivity contribution in [2.45, 2.75) is 12.5 Å². The average molecular weight is 315 g/mol. The number of nitrogens with one attached hydrogen (secondary N) is 1. The van der Waals surface area contributed by atoms with Gasteiger partial charge in [-0.25, -0.2) is 0 Å². The van der Waals surface area contributed by atoms with Crippen LogP contribution < -0.4 is 5.32 Å². The molecule has 20 heavy (non-hydrogen) atoms. The molecule has 7 heteroatoms. The van der Waals surface area contributed by atoms with Crippen molar-refractivity contribution in [2.24, 2.45) is 7.05 Å². The second-order valence-electron chi connectivity index (χ2n) is 4.49. The van der Waals surface area contributed by atoms with Crippen LogP contribution in [0.15, 0.2) is 24.5 Å². The van der Waals surface area contributed by atoms with Gasteiger partial charge in [0.1, 0.15) is 12.2 Å². The molecule has 1 aromatic heterocycles. The maximum atomic E-state index is 10.1. The second kappa shape index (κ2) is 7.04. The van der Waals surface area contributed by atoms with Crippen molar-refractivity contribution in [2.75, 3.05) is 13.1 Å². The van der Waals surface area contributed by atoms with Crippen molar-refractivity contribution in [3.05, 3.63) is 46.0 Å². The monoisotopic (exact) mass is 314 g/mol. The van der Waals surface area contributed by atoms with Crippen LogP contribution in [-0.2, 0) is 13.5 Å². The third-order valence-corrected chi connectivity index (χ3v) is 3.56. The Bertz CT molecular complexity index is 573. The summed E-state index contributed by atoms with van der Waals surface area (Å²) in [6.07, 6.45) is 1.71. The Balaban J connectivity index is 1.82. The van der Waals surface area contributed by atoms with Crippen molar-refractivity contribution < 1.29 is 5.11 Å². The summed E-state index contributed by atoms with van der Waals surface area (Å²) in [6, 6.07) is 5.06. The van der Waals surface area contributed by atoms with E-state index >= 15 is 0 Å². The van der Waals surface area contributed by atoms with E-state index in [9.17, 15) is 5.11 Å². The van der Waals surface area contributed by atoms with Crippen molar-refractivity contribution in [1.29, 1.82) is 0 Å². The van der Waals surface area contributed by atoms with Crippen molar-refractivity contribution in [3.63, 3.8) is 0 Å². The summed E-state index contributed by atoms with van der Waals surface area (Å²) in [4.78, 5) is 0. The van der Waals surface area contributed by atoms with Gasteiger partial charge in [0, 0.05) is 42.2 Å². The highest BCUT2D eigenvalue weighted by atomic mass is 35.5. The van der Waals surface area contributed by atoms with Gasteiger partial charge in [-0.3, -0.25) is 0 Å². The molecule has 1 atom stereocenters. The molecule has 0 aliphatic rings. The lowest BCUT2D eigenvalue weighted by Crippen LogP contribution is -2.24. The van der Waals surface area contributed by atoms with Crippen LogP contribution in [0.1, 0.15) is 17.5 Å². The smallest absolute Gasteiger partial charge is 0.133 e. The Morgan fingerprint density at radius 2 is 2.20 bits per heavy atom. The Hall–Kier alpha value is -1.14. The molecule has 0 bridgehead atoms. The van der Waals surface area contributed by atoms with Gasteiger partial charge in [-0.15, -0.1) is 10.2 Å². The van der Waals surface area contributed by atoms with Crippen LogP contribution in [0.3, 0.4) is 0 Å². The topological polar surface area (TPSA) is 63.0 Å². The summed E-state index contributed by atoms with van der Waals surface area (Å²) in [6.45, 7) is 1.10. The van der Waals surface area contributed by atoms with Crippen LogP contribution in [0, 0.1) is 0 Å². The van der Waals surface area contributed by atoms with Gasteiger partial charge in [-0.2, -0.15) is 0 Å². The third kappa shape index (κ3) is 3.93. The number of nitrogens with zero attached hydrogens (tertiary/aromatic N) is 3. The highest BCUT2D eigenvalue weighted by Gasteiger charge is 2.12. The molecule has 2 N–H and O–H groups in total. The van der Waals surface area contributed by atoms with Gasteiger partial charge < -0.3 is 15.0 Å². The van der Waals surface area contributed by atoms with Gasteiger partial charge in [0.15, 0.2) is 0 Å². The Morgan fingerprint density at radius 3 is 2.90 bits per heavy atom. The Kier molecular flexibility index (Phi) is 5.37. The lowest BCUT2D eigenvalue weighted by Gasteiger charge is -2.14. The predicted molar refractivity (Wildman–Crippen MR) is 79.0 cm³/mol. The molecular weight excluding hydrogens is 299 g/mol. The Morgan fingerprint density at radius 1 is 1.40 bits per heavy atom. The maximum absolute atomic E-state index is 10.1. The fourth-order valence-corrected chi connectivity index (χ4v) is 2.28. The molecular formula is C13H16Cl2N4O. The van der Waals surface area contributed by atoms with E-state index in [4.69, 9.17) is 23.2 Å². The summed E-state index contributed by atoms with van der Waals surface area (Å²) in [7, 11) is 1.90. The third-order valence-electron chi connectivity index (χ3n) is 2.99. The minimum absolute atomic E-state index is 0.401. The lowest BCUT2D eigenvalue weighted by atomic mass is 10.1. The molecule has 108 valence electrons. The summed E-state index contributed by atoms with van der Waals surface area (Å²) < 4.78 is 1.87. The second-order valence-corrected chi connectivity index (χ2v) is 5.34. The fourth-order valence-electron chi connectivity index (χ4n) is 1.85. The van der Waals surface area contributed by atoms with E-state index in [2.05, 4.69) is 15.5 Å². The lowest BCUT2D eigenvalue weighted by molar-refractivity contribution is 0.175. The summed E-state index contributed by atoms with van der Waals surface area (Å²) >= 11 is 11.9. The molecule has 0 aliphatic heterocycles. The molecule has 1 unspecified atom stereocenters. The van der Waals surface area contributed by atoms with Crippen LogP contribution >= 0.6 is 23.2 Å². The number of aromatic nitrogens is 3. The summed E-state index contributed by atoms with van der Waals surface area (Å²) in [5, 5.41) is 22.1. The molecule has 0 aliphatic carbocycles. The molecule has 0 radical (unpaired) electrons. The first-order chi connectivity index (χ1) is 9.58. The predicted octanol–water partition coefficient (Wildman–Crippen LogP) is 1.99. The molecule has 0 fully saturated rings. The van der Waals surface area contributed by atoms with E-state index in [1.54, 1.807) is 24.5 Å². The first kappa shape index (κ1) is 15.3. The number of benzene rings is 1. The number of aliphatic hydroxyl groups excluding tert-OH is 1. The van der Waals surface area contributed by atoms with Crippen LogP contribution in [0.25, 0.3) is 0 Å². The molecule has 1 heterocycles. The number of aryl methyl sites for hydroxylation is 1. The van der Waals surface area contributed by atoms with Crippen LogP contribution in [0.5, 0.6) is 0 Å². The van der Waals surface area contributed by atoms with Gasteiger partial charge >= 0.3 is 0 Å². The molecule has 0 saturated heterocycles. The van der Waals surface area contributed by atoms with E-state index in [-0.39, 0.29) is 0 Å². The van der Waals surface area contributed by atoms with E-state index < -0.39 is 6.10 Å². The zero-order valence-electron chi connectivity index (χ0n) is 11.1. The number of aliphatic hydroxyl groups is 1. The zero-order valence-corrected chi connectivity index (χ0v) is 12.6. The van der Waals surface area contributed by atoms with Crippen molar-refractivity contribution in [1.82, 2.24) is 20.1 Å². The van der Waals surface area contributed by atoms with Gasteiger partial charge in [0.2, 0.25) is 0 Å². The molecule has 2 rings (SSSR count). The number of halogens is 2. The van der Waals surface area contributed by atoms with Crippen LogP contribution in [-0.4, -0.2) is 33.0 Å². The van der Waals surface area contributed by atoms with Crippen LogP contribution in [0.2, 0.25) is 10.0 Å². The van der Waals surface area contributed by atoms with Gasteiger partial charge in [-0.1, -0.05) is 23.2 Å². The highest BCUT2D eigenvalue weighted by Crippen LogP contribution is 2.25. The van der Waals surface area contributed by atoms with Gasteiger partial charge in [-0.05, 0) is 18.2 Å².